The van der Waals surface area contributed by atoms with Crippen LogP contribution in [0.1, 0.15) is 52.0 Å². The normalized spacial score (nSPS) is 14.2. The van der Waals surface area contributed by atoms with Crippen molar-refractivity contribution in [1.82, 2.24) is 14.7 Å². The Hall–Kier alpha value is -3.41. The van der Waals surface area contributed by atoms with Crippen LogP contribution >= 0.6 is 0 Å². The van der Waals surface area contributed by atoms with Crippen molar-refractivity contribution in [3.63, 3.8) is 0 Å². The zero-order chi connectivity index (χ0) is 20.9. The monoisotopic (exact) mass is 402 g/mol. The summed E-state index contributed by atoms with van der Waals surface area (Å²) in [4.78, 5) is 28.1. The second kappa shape index (κ2) is 8.95. The van der Waals surface area contributed by atoms with Crippen LogP contribution in [-0.2, 0) is 0 Å². The van der Waals surface area contributed by atoms with E-state index in [0.717, 1.165) is 50.0 Å². The van der Waals surface area contributed by atoms with Gasteiger partial charge in [-0.1, -0.05) is 48.7 Å². The summed E-state index contributed by atoms with van der Waals surface area (Å²) in [6, 6.07) is 16.9. The second-order valence-electron chi connectivity index (χ2n) is 7.68. The minimum Gasteiger partial charge on any atom is -0.338 e. The maximum atomic E-state index is 13.3. The average molecular weight is 402 g/mol. The summed E-state index contributed by atoms with van der Waals surface area (Å²) in [5.74, 6) is 0.0527. The van der Waals surface area contributed by atoms with Crippen LogP contribution in [0.5, 0.6) is 0 Å². The van der Waals surface area contributed by atoms with Crippen molar-refractivity contribution in [3.8, 4) is 5.69 Å². The Morgan fingerprint density at radius 3 is 2.23 bits per heavy atom. The average Bonchev–Trinajstić information content (AvgIpc) is 2.99. The number of rotatable bonds is 4. The van der Waals surface area contributed by atoms with Crippen molar-refractivity contribution in [2.75, 3.05) is 18.4 Å². The van der Waals surface area contributed by atoms with E-state index in [1.807, 2.05) is 54.3 Å². The van der Waals surface area contributed by atoms with Gasteiger partial charge in [-0.3, -0.25) is 9.59 Å². The second-order valence-corrected chi connectivity index (χ2v) is 7.68. The molecule has 3 aromatic rings. The molecule has 1 aliphatic rings. The molecule has 1 fully saturated rings. The lowest BCUT2D eigenvalue weighted by Crippen LogP contribution is -2.32. The molecule has 2 heterocycles. The Bertz CT molecular complexity index is 1020. The summed E-state index contributed by atoms with van der Waals surface area (Å²) in [5.41, 5.74) is 2.82. The third kappa shape index (κ3) is 4.27. The summed E-state index contributed by atoms with van der Waals surface area (Å²) >= 11 is 0. The zero-order valence-corrected chi connectivity index (χ0v) is 17.2. The van der Waals surface area contributed by atoms with Crippen LogP contribution in [-0.4, -0.2) is 39.6 Å². The zero-order valence-electron chi connectivity index (χ0n) is 17.2. The highest BCUT2D eigenvalue weighted by atomic mass is 16.2. The number of benzene rings is 2. The van der Waals surface area contributed by atoms with E-state index in [9.17, 15) is 9.59 Å². The molecule has 0 radical (unpaired) electrons. The number of nitrogens with zero attached hydrogens (tertiary/aromatic N) is 3. The minimum absolute atomic E-state index is 0.0849. The molecule has 1 aliphatic heterocycles. The van der Waals surface area contributed by atoms with E-state index in [-0.39, 0.29) is 11.8 Å². The summed E-state index contributed by atoms with van der Waals surface area (Å²) < 4.78 is 1.62. The Labute approximate surface area is 176 Å². The SMILES string of the molecule is Cc1ccc(C(=O)Nc2c(C(=O)N3CCCCCC3)cnn2-c2ccccc2)cc1. The molecule has 4 rings (SSSR count). The molecule has 0 saturated carbocycles. The predicted molar refractivity (Wildman–Crippen MR) is 117 cm³/mol. The minimum atomic E-state index is -0.266. The highest BCUT2D eigenvalue weighted by Gasteiger charge is 2.25. The molecule has 6 nitrogen and oxygen atoms in total. The molecule has 1 aromatic heterocycles. The lowest BCUT2D eigenvalue weighted by Gasteiger charge is -2.20. The molecule has 2 aromatic carbocycles. The van der Waals surface area contributed by atoms with Gasteiger partial charge in [-0.05, 0) is 44.0 Å². The van der Waals surface area contributed by atoms with Crippen LogP contribution in [0.15, 0.2) is 60.8 Å². The maximum absolute atomic E-state index is 13.3. The van der Waals surface area contributed by atoms with Gasteiger partial charge in [0.1, 0.15) is 11.4 Å². The summed E-state index contributed by atoms with van der Waals surface area (Å²) in [5, 5.41) is 7.38. The number of nitrogens with one attached hydrogen (secondary N) is 1. The Morgan fingerprint density at radius 1 is 0.900 bits per heavy atom. The van der Waals surface area contributed by atoms with Gasteiger partial charge in [0.25, 0.3) is 11.8 Å². The van der Waals surface area contributed by atoms with Gasteiger partial charge in [0.05, 0.1) is 11.9 Å². The number of hydrogen-bond donors (Lipinski definition) is 1. The first-order valence-electron chi connectivity index (χ1n) is 10.4. The van der Waals surface area contributed by atoms with E-state index < -0.39 is 0 Å². The number of para-hydroxylation sites is 1. The van der Waals surface area contributed by atoms with Crippen LogP contribution in [0.4, 0.5) is 5.82 Å². The molecule has 0 unspecified atom stereocenters. The first-order chi connectivity index (χ1) is 14.6. The van der Waals surface area contributed by atoms with Gasteiger partial charge in [0, 0.05) is 18.7 Å². The highest BCUT2D eigenvalue weighted by Crippen LogP contribution is 2.24. The van der Waals surface area contributed by atoms with E-state index in [1.54, 1.807) is 23.0 Å². The summed E-state index contributed by atoms with van der Waals surface area (Å²) in [6.07, 6.45) is 5.85. The van der Waals surface area contributed by atoms with Gasteiger partial charge in [-0.2, -0.15) is 5.10 Å². The lowest BCUT2D eigenvalue weighted by atomic mass is 10.1. The summed E-state index contributed by atoms with van der Waals surface area (Å²) in [6.45, 7) is 3.45. The van der Waals surface area contributed by atoms with E-state index >= 15 is 0 Å². The first kappa shape index (κ1) is 19.9. The molecule has 0 bridgehead atoms. The van der Waals surface area contributed by atoms with Crippen molar-refractivity contribution in [3.05, 3.63) is 77.5 Å². The van der Waals surface area contributed by atoms with Crippen molar-refractivity contribution in [2.45, 2.75) is 32.6 Å². The van der Waals surface area contributed by atoms with Gasteiger partial charge in [0.15, 0.2) is 0 Å². The fraction of sp³-hybridized carbons (Fsp3) is 0.292. The van der Waals surface area contributed by atoms with Crippen LogP contribution in [0.25, 0.3) is 5.69 Å². The van der Waals surface area contributed by atoms with Gasteiger partial charge in [0.2, 0.25) is 0 Å². The van der Waals surface area contributed by atoms with Crippen molar-refractivity contribution < 1.29 is 9.59 Å². The largest absolute Gasteiger partial charge is 0.338 e. The van der Waals surface area contributed by atoms with Gasteiger partial charge in [-0.25, -0.2) is 4.68 Å². The third-order valence-corrected chi connectivity index (χ3v) is 5.44. The number of carbonyl (C=O) groups excluding carboxylic acids is 2. The van der Waals surface area contributed by atoms with Crippen LogP contribution in [0.2, 0.25) is 0 Å². The fourth-order valence-electron chi connectivity index (χ4n) is 3.72. The van der Waals surface area contributed by atoms with E-state index in [0.29, 0.717) is 16.9 Å². The predicted octanol–water partition coefficient (Wildman–Crippen LogP) is 4.45. The number of aromatic nitrogens is 2. The third-order valence-electron chi connectivity index (χ3n) is 5.44. The molecule has 30 heavy (non-hydrogen) atoms. The van der Waals surface area contributed by atoms with Gasteiger partial charge >= 0.3 is 0 Å². The standard InChI is InChI=1S/C24H26N4O2/c1-18-11-13-19(14-12-18)23(29)26-22-21(24(30)27-15-7-2-3-8-16-27)17-25-28(22)20-9-5-4-6-10-20/h4-6,9-14,17H,2-3,7-8,15-16H2,1H3,(H,26,29). The molecule has 0 aliphatic carbocycles. The van der Waals surface area contributed by atoms with E-state index in [4.69, 9.17) is 0 Å². The molecule has 0 spiro atoms. The van der Waals surface area contributed by atoms with Crippen LogP contribution < -0.4 is 5.32 Å². The number of carbonyl (C=O) groups is 2. The number of anilines is 1. The van der Waals surface area contributed by atoms with Gasteiger partial charge < -0.3 is 10.2 Å². The Balaban J connectivity index is 1.69. The molecule has 0 atom stereocenters. The molecule has 154 valence electrons. The first-order valence-corrected chi connectivity index (χ1v) is 10.4. The molecular formula is C24H26N4O2. The summed E-state index contributed by atoms with van der Waals surface area (Å²) in [7, 11) is 0. The molecule has 2 amide bonds. The van der Waals surface area contributed by atoms with Crippen molar-refractivity contribution in [2.24, 2.45) is 0 Å². The quantitative estimate of drug-likeness (QED) is 0.701. The topological polar surface area (TPSA) is 67.2 Å². The van der Waals surface area contributed by atoms with Crippen molar-refractivity contribution >= 4 is 17.6 Å². The molecule has 1 N–H and O–H groups in total. The smallest absolute Gasteiger partial charge is 0.259 e. The molecular weight excluding hydrogens is 376 g/mol. The van der Waals surface area contributed by atoms with Crippen LogP contribution in [0, 0.1) is 6.92 Å². The highest BCUT2D eigenvalue weighted by molar-refractivity contribution is 6.08. The Kier molecular flexibility index (Phi) is 5.93. The Morgan fingerprint density at radius 2 is 1.57 bits per heavy atom. The molecule has 6 heteroatoms. The van der Waals surface area contributed by atoms with Gasteiger partial charge in [-0.15, -0.1) is 0 Å². The maximum Gasteiger partial charge on any atom is 0.259 e. The number of amides is 2. The fourth-order valence-corrected chi connectivity index (χ4v) is 3.72. The lowest BCUT2D eigenvalue weighted by molar-refractivity contribution is 0.0762. The molecule has 1 saturated heterocycles. The van der Waals surface area contributed by atoms with Crippen LogP contribution in [0.3, 0.4) is 0 Å². The number of hydrogen-bond acceptors (Lipinski definition) is 3. The number of aryl methyl sites for hydroxylation is 1. The number of likely N-dealkylation sites (tertiary alicyclic amines) is 1. The van der Waals surface area contributed by atoms with E-state index in [1.165, 1.54) is 0 Å². The van der Waals surface area contributed by atoms with E-state index in [2.05, 4.69) is 10.4 Å². The van der Waals surface area contributed by atoms with Crippen molar-refractivity contribution in [1.29, 1.82) is 0 Å².